The lowest BCUT2D eigenvalue weighted by Crippen LogP contribution is -2.44. The number of Topliss-reactive ketones (excluding diaryl/α,β-unsaturated/α-hetero) is 2. The van der Waals surface area contributed by atoms with Crippen LogP contribution in [0.3, 0.4) is 0 Å². The van der Waals surface area contributed by atoms with Crippen LogP contribution in [0.25, 0.3) is 10.8 Å². The quantitative estimate of drug-likeness (QED) is 0.619. The van der Waals surface area contributed by atoms with E-state index in [1.165, 1.54) is 0 Å². The summed E-state index contributed by atoms with van der Waals surface area (Å²) in [4.78, 5) is 24.0. The van der Waals surface area contributed by atoms with Crippen molar-refractivity contribution in [2.45, 2.75) is 31.1 Å². The third kappa shape index (κ3) is 1.71. The minimum atomic E-state index is -1.42. The van der Waals surface area contributed by atoms with Gasteiger partial charge in [0.15, 0.2) is 16.4 Å². The van der Waals surface area contributed by atoms with Gasteiger partial charge in [-0.05, 0) is 11.8 Å². The second kappa shape index (κ2) is 4.71. The van der Waals surface area contributed by atoms with Crippen LogP contribution in [0.15, 0.2) is 36.4 Å². The van der Waals surface area contributed by atoms with Gasteiger partial charge < -0.3 is 0 Å². The number of hydrogen-bond acceptors (Lipinski definition) is 2. The first-order valence-electron chi connectivity index (χ1n) is 6.90. The second-order valence-electron chi connectivity index (χ2n) is 5.27. The topological polar surface area (TPSA) is 34.1 Å². The van der Waals surface area contributed by atoms with Crippen LogP contribution in [0, 0.1) is 0 Å². The van der Waals surface area contributed by atoms with Gasteiger partial charge in [-0.2, -0.15) is 0 Å². The molecule has 3 rings (SSSR count). The molecule has 1 aliphatic carbocycles. The highest BCUT2D eigenvalue weighted by atomic mass is 35.5. The zero-order valence-electron chi connectivity index (χ0n) is 11.3. The fourth-order valence-corrected chi connectivity index (χ4v) is 3.23. The first kappa shape index (κ1) is 13.3. The smallest absolute Gasteiger partial charge is 0.192 e. The van der Waals surface area contributed by atoms with Crippen molar-refractivity contribution in [3.8, 4) is 0 Å². The van der Waals surface area contributed by atoms with E-state index in [2.05, 4.69) is 0 Å². The van der Waals surface area contributed by atoms with E-state index in [0.717, 1.165) is 23.6 Å². The highest BCUT2D eigenvalue weighted by Gasteiger charge is 2.48. The molecule has 3 heteroatoms. The molecule has 0 spiro atoms. The summed E-state index contributed by atoms with van der Waals surface area (Å²) in [6.45, 7) is 2.02. The monoisotopic (exact) mass is 286 g/mol. The van der Waals surface area contributed by atoms with Gasteiger partial charge >= 0.3 is 0 Å². The number of unbranched alkanes of at least 4 members (excludes halogenated alkanes) is 1. The molecule has 0 saturated heterocycles. The Bertz CT molecular complexity index is 667. The summed E-state index contributed by atoms with van der Waals surface area (Å²) in [7, 11) is 0. The van der Waals surface area contributed by atoms with E-state index < -0.39 is 4.87 Å². The van der Waals surface area contributed by atoms with Crippen molar-refractivity contribution in [3.63, 3.8) is 0 Å². The molecule has 0 heterocycles. The molecule has 0 atom stereocenters. The predicted molar refractivity (Wildman–Crippen MR) is 80.7 cm³/mol. The molecular weight excluding hydrogens is 272 g/mol. The normalized spacial score (nSPS) is 16.7. The summed E-state index contributed by atoms with van der Waals surface area (Å²) >= 11 is 6.47. The van der Waals surface area contributed by atoms with E-state index in [0.29, 0.717) is 17.5 Å². The van der Waals surface area contributed by atoms with Crippen molar-refractivity contribution in [1.82, 2.24) is 0 Å². The van der Waals surface area contributed by atoms with Gasteiger partial charge in [0.1, 0.15) is 0 Å². The van der Waals surface area contributed by atoms with Gasteiger partial charge in [0.25, 0.3) is 0 Å². The van der Waals surface area contributed by atoms with Crippen LogP contribution in [-0.2, 0) is 0 Å². The van der Waals surface area contributed by atoms with E-state index in [1.54, 1.807) is 12.1 Å². The molecule has 2 aromatic carbocycles. The molecule has 0 radical (unpaired) electrons. The molecule has 2 aromatic rings. The van der Waals surface area contributed by atoms with E-state index >= 15 is 0 Å². The van der Waals surface area contributed by atoms with Crippen molar-refractivity contribution in [2.24, 2.45) is 0 Å². The Morgan fingerprint density at radius 3 is 2.05 bits per heavy atom. The van der Waals surface area contributed by atoms with E-state index in [1.807, 2.05) is 31.2 Å². The van der Waals surface area contributed by atoms with Crippen LogP contribution in [0.5, 0.6) is 0 Å². The second-order valence-corrected chi connectivity index (χ2v) is 5.92. The summed E-state index contributed by atoms with van der Waals surface area (Å²) in [5.74, 6) is -0.496. The summed E-state index contributed by atoms with van der Waals surface area (Å²) in [6, 6.07) is 11.0. The Balaban J connectivity index is 2.26. The van der Waals surface area contributed by atoms with E-state index in [4.69, 9.17) is 11.6 Å². The number of benzene rings is 2. The lowest BCUT2D eigenvalue weighted by Gasteiger charge is -2.29. The Labute approximate surface area is 122 Å². The average Bonchev–Trinajstić information content (AvgIpc) is 2.48. The van der Waals surface area contributed by atoms with Crippen molar-refractivity contribution in [3.05, 3.63) is 47.5 Å². The predicted octanol–water partition coefficient (Wildman–Crippen LogP) is 4.39. The Morgan fingerprint density at radius 1 is 1.00 bits per heavy atom. The summed E-state index contributed by atoms with van der Waals surface area (Å²) in [5, 5.41) is 1.66. The molecule has 0 saturated carbocycles. The fourth-order valence-electron chi connectivity index (χ4n) is 2.90. The standard InChI is InChI=1S/C17H15ClO2/c1-2-3-10-17(18)15(19)12-8-4-6-11-7-5-9-13(14(11)12)16(17)20/h4-9H,2-3,10H2,1H3. The largest absolute Gasteiger partial charge is 0.292 e. The molecule has 0 aliphatic heterocycles. The maximum Gasteiger partial charge on any atom is 0.192 e. The molecule has 102 valence electrons. The van der Waals surface area contributed by atoms with E-state index in [9.17, 15) is 9.59 Å². The average molecular weight is 287 g/mol. The Kier molecular flexibility index (Phi) is 3.14. The Morgan fingerprint density at radius 2 is 1.55 bits per heavy atom. The third-order valence-corrected chi connectivity index (χ3v) is 4.52. The number of carbonyl (C=O) groups excluding carboxylic acids is 2. The lowest BCUT2D eigenvalue weighted by atomic mass is 9.77. The van der Waals surface area contributed by atoms with Crippen molar-refractivity contribution in [2.75, 3.05) is 0 Å². The van der Waals surface area contributed by atoms with Crippen LogP contribution >= 0.6 is 11.6 Å². The zero-order chi connectivity index (χ0) is 14.3. The molecule has 0 fully saturated rings. The van der Waals surface area contributed by atoms with Gasteiger partial charge in [0.2, 0.25) is 0 Å². The van der Waals surface area contributed by atoms with Crippen molar-refractivity contribution < 1.29 is 9.59 Å². The van der Waals surface area contributed by atoms with Crippen LogP contribution in [-0.4, -0.2) is 16.4 Å². The van der Waals surface area contributed by atoms with Gasteiger partial charge in [0.05, 0.1) is 0 Å². The van der Waals surface area contributed by atoms with Crippen LogP contribution in [0.1, 0.15) is 46.9 Å². The summed E-state index contributed by atoms with van der Waals surface area (Å²) in [5.41, 5.74) is 1.15. The van der Waals surface area contributed by atoms with Gasteiger partial charge in [-0.25, -0.2) is 0 Å². The molecule has 0 unspecified atom stereocenters. The number of alkyl halides is 1. The Hall–Kier alpha value is -1.67. The van der Waals surface area contributed by atoms with Gasteiger partial charge in [-0.15, -0.1) is 11.6 Å². The number of halogens is 1. The van der Waals surface area contributed by atoms with Crippen LogP contribution in [0.2, 0.25) is 0 Å². The first-order chi connectivity index (χ1) is 9.59. The number of ketones is 2. The van der Waals surface area contributed by atoms with Crippen LogP contribution < -0.4 is 0 Å². The molecule has 0 N–H and O–H groups in total. The van der Waals surface area contributed by atoms with Crippen LogP contribution in [0.4, 0.5) is 0 Å². The van der Waals surface area contributed by atoms with E-state index in [-0.39, 0.29) is 11.6 Å². The van der Waals surface area contributed by atoms with Gasteiger partial charge in [-0.3, -0.25) is 9.59 Å². The van der Waals surface area contributed by atoms with Crippen molar-refractivity contribution >= 4 is 33.9 Å². The van der Waals surface area contributed by atoms with Crippen molar-refractivity contribution in [1.29, 1.82) is 0 Å². The first-order valence-corrected chi connectivity index (χ1v) is 7.27. The maximum absolute atomic E-state index is 12.7. The number of hydrogen-bond donors (Lipinski definition) is 0. The highest BCUT2D eigenvalue weighted by molar-refractivity contribution is 6.54. The molecule has 0 amide bonds. The molecule has 1 aliphatic rings. The third-order valence-electron chi connectivity index (χ3n) is 3.99. The number of carbonyl (C=O) groups is 2. The highest BCUT2D eigenvalue weighted by Crippen LogP contribution is 2.40. The maximum atomic E-state index is 12.7. The lowest BCUT2D eigenvalue weighted by molar-refractivity contribution is 0.0818. The summed E-state index contributed by atoms with van der Waals surface area (Å²) < 4.78 is 0. The number of rotatable bonds is 3. The van der Waals surface area contributed by atoms with Gasteiger partial charge in [0, 0.05) is 16.5 Å². The minimum absolute atomic E-state index is 0.248. The SMILES string of the molecule is CCCCC1(Cl)C(=O)c2cccc3cccc(c23)C1=O. The molecular formula is C17H15ClO2. The fraction of sp³-hybridized carbons (Fsp3) is 0.294. The minimum Gasteiger partial charge on any atom is -0.292 e. The molecule has 2 nitrogen and oxygen atoms in total. The zero-order valence-corrected chi connectivity index (χ0v) is 12.0. The molecule has 20 heavy (non-hydrogen) atoms. The van der Waals surface area contributed by atoms with Gasteiger partial charge in [-0.1, -0.05) is 56.2 Å². The summed E-state index contributed by atoms with van der Waals surface area (Å²) in [6.07, 6.45) is 2.06. The molecule has 0 bridgehead atoms. The molecule has 0 aromatic heterocycles.